The summed E-state index contributed by atoms with van der Waals surface area (Å²) in [5.41, 5.74) is -0.718. The Morgan fingerprint density at radius 1 is 0.826 bits per heavy atom. The minimum Gasteiger partial charge on any atom is -0.497 e. The van der Waals surface area contributed by atoms with Gasteiger partial charge in [-0.3, -0.25) is 0 Å². The Labute approximate surface area is 132 Å². The van der Waals surface area contributed by atoms with E-state index in [1.165, 1.54) is 12.1 Å². The third-order valence-electron chi connectivity index (χ3n) is 3.05. The lowest BCUT2D eigenvalue weighted by molar-refractivity contribution is -0.137. The largest absolute Gasteiger partial charge is 0.497 e. The molecule has 6 heteroatoms. The smallest absolute Gasteiger partial charge is 0.416 e. The van der Waals surface area contributed by atoms with Crippen molar-refractivity contribution in [1.29, 1.82) is 0 Å². The highest BCUT2D eigenvalue weighted by molar-refractivity contribution is 5.31. The third-order valence-corrected chi connectivity index (χ3v) is 3.05. The molecule has 0 spiro atoms. The summed E-state index contributed by atoms with van der Waals surface area (Å²) in [7, 11) is 1.58. The molecule has 3 nitrogen and oxygen atoms in total. The predicted molar refractivity (Wildman–Crippen MR) is 80.0 cm³/mol. The molecule has 0 saturated heterocycles. The van der Waals surface area contributed by atoms with E-state index in [0.29, 0.717) is 18.8 Å². The molecule has 124 valence electrons. The molecule has 0 N–H and O–H groups in total. The Morgan fingerprint density at radius 3 is 2.04 bits per heavy atom. The van der Waals surface area contributed by atoms with Gasteiger partial charge in [-0.15, -0.1) is 0 Å². The summed E-state index contributed by atoms with van der Waals surface area (Å²) < 4.78 is 53.6. The zero-order chi connectivity index (χ0) is 16.7. The molecule has 0 aromatic heterocycles. The van der Waals surface area contributed by atoms with E-state index in [1.807, 2.05) is 0 Å². The molecule has 0 radical (unpaired) electrons. The van der Waals surface area contributed by atoms with Crippen LogP contribution in [0.3, 0.4) is 0 Å². The predicted octanol–water partition coefficient (Wildman–Crippen LogP) is 4.56. The molecule has 0 aliphatic heterocycles. The van der Waals surface area contributed by atoms with Gasteiger partial charge >= 0.3 is 6.18 Å². The lowest BCUT2D eigenvalue weighted by Crippen LogP contribution is -2.07. The van der Waals surface area contributed by atoms with Crippen molar-refractivity contribution in [3.63, 3.8) is 0 Å². The summed E-state index contributed by atoms with van der Waals surface area (Å²) in [6.45, 7) is 0.683. The Bertz CT molecular complexity index is 609. The van der Waals surface area contributed by atoms with Crippen LogP contribution in [0.2, 0.25) is 0 Å². The molecule has 2 aromatic carbocycles. The van der Waals surface area contributed by atoms with E-state index in [2.05, 4.69) is 0 Å². The number of benzene rings is 2. The minimum absolute atomic E-state index is 0.198. The van der Waals surface area contributed by atoms with E-state index < -0.39 is 11.7 Å². The molecule has 0 saturated carbocycles. The Balaban J connectivity index is 1.73. The van der Waals surface area contributed by atoms with Crippen LogP contribution in [0.15, 0.2) is 48.5 Å². The number of alkyl halides is 3. The number of hydrogen-bond donors (Lipinski definition) is 0. The Morgan fingerprint density at radius 2 is 1.43 bits per heavy atom. The van der Waals surface area contributed by atoms with Crippen LogP contribution in [-0.2, 0) is 6.18 Å². The number of rotatable bonds is 7. The number of halogens is 3. The average Bonchev–Trinajstić information content (AvgIpc) is 2.54. The molecule has 23 heavy (non-hydrogen) atoms. The maximum absolute atomic E-state index is 12.6. The van der Waals surface area contributed by atoms with Gasteiger partial charge in [0.25, 0.3) is 0 Å². The van der Waals surface area contributed by atoms with Crippen molar-refractivity contribution in [2.45, 2.75) is 12.6 Å². The molecule has 0 atom stereocenters. The van der Waals surface area contributed by atoms with E-state index in [-0.39, 0.29) is 12.4 Å². The molecular formula is C17H17F3O3. The van der Waals surface area contributed by atoms with Gasteiger partial charge in [0.05, 0.1) is 25.9 Å². The molecule has 0 heterocycles. The fourth-order valence-corrected chi connectivity index (χ4v) is 1.87. The average molecular weight is 326 g/mol. The molecule has 0 bridgehead atoms. The molecule has 0 aliphatic carbocycles. The first-order chi connectivity index (χ1) is 11.0. The zero-order valence-corrected chi connectivity index (χ0v) is 12.6. The zero-order valence-electron chi connectivity index (χ0n) is 12.6. The molecule has 0 fully saturated rings. The highest BCUT2D eigenvalue weighted by Crippen LogP contribution is 2.31. The van der Waals surface area contributed by atoms with E-state index in [9.17, 15) is 13.2 Å². The molecular weight excluding hydrogens is 309 g/mol. The first-order valence-electron chi connectivity index (χ1n) is 7.06. The molecule has 0 amide bonds. The maximum Gasteiger partial charge on any atom is 0.416 e. The Hall–Kier alpha value is -2.37. The van der Waals surface area contributed by atoms with Crippen LogP contribution < -0.4 is 14.2 Å². The summed E-state index contributed by atoms with van der Waals surface area (Å²) >= 11 is 0. The van der Waals surface area contributed by atoms with Gasteiger partial charge < -0.3 is 14.2 Å². The van der Waals surface area contributed by atoms with Crippen LogP contribution in [0.25, 0.3) is 0 Å². The number of hydrogen-bond acceptors (Lipinski definition) is 3. The second-order valence-electron chi connectivity index (χ2n) is 4.75. The summed E-state index contributed by atoms with van der Waals surface area (Å²) in [6, 6.07) is 12.0. The van der Waals surface area contributed by atoms with Crippen molar-refractivity contribution in [3.05, 3.63) is 54.1 Å². The maximum atomic E-state index is 12.6. The van der Waals surface area contributed by atoms with Crippen LogP contribution >= 0.6 is 0 Å². The number of methoxy groups -OCH3 is 1. The number of ether oxygens (including phenoxy) is 3. The first-order valence-corrected chi connectivity index (χ1v) is 7.06. The summed E-state index contributed by atoms with van der Waals surface area (Å²) in [5.74, 6) is 1.64. The van der Waals surface area contributed by atoms with Gasteiger partial charge in [-0.25, -0.2) is 0 Å². The molecule has 0 aliphatic rings. The van der Waals surface area contributed by atoms with Crippen LogP contribution in [0, 0.1) is 0 Å². The summed E-state index contributed by atoms with van der Waals surface area (Å²) in [6.07, 6.45) is -3.81. The van der Waals surface area contributed by atoms with Gasteiger partial charge in [-0.05, 0) is 42.5 Å². The molecule has 2 rings (SSSR count). The summed E-state index contributed by atoms with van der Waals surface area (Å²) in [5, 5.41) is 0. The fraction of sp³-hybridized carbons (Fsp3) is 0.294. The van der Waals surface area contributed by atoms with Crippen molar-refractivity contribution in [2.24, 2.45) is 0 Å². The van der Waals surface area contributed by atoms with E-state index in [0.717, 1.165) is 17.9 Å². The van der Waals surface area contributed by atoms with Crippen LogP contribution in [0.4, 0.5) is 13.2 Å². The van der Waals surface area contributed by atoms with Gasteiger partial charge in [0.2, 0.25) is 0 Å². The standard InChI is InChI=1S/C17H17F3O3/c1-21-14-6-8-15(9-7-14)22-10-3-11-23-16-5-2-4-13(12-16)17(18,19)20/h2,4-9,12H,3,10-11H2,1H3. The van der Waals surface area contributed by atoms with E-state index in [4.69, 9.17) is 14.2 Å². The lowest BCUT2D eigenvalue weighted by Gasteiger charge is -2.11. The molecule has 2 aromatic rings. The van der Waals surface area contributed by atoms with Gasteiger partial charge in [-0.1, -0.05) is 6.07 Å². The fourth-order valence-electron chi connectivity index (χ4n) is 1.87. The lowest BCUT2D eigenvalue weighted by atomic mass is 10.2. The third kappa shape index (κ3) is 5.39. The van der Waals surface area contributed by atoms with Gasteiger partial charge in [0.15, 0.2) is 0 Å². The quantitative estimate of drug-likeness (QED) is 0.698. The van der Waals surface area contributed by atoms with Crippen LogP contribution in [0.1, 0.15) is 12.0 Å². The van der Waals surface area contributed by atoms with Crippen molar-refractivity contribution in [1.82, 2.24) is 0 Å². The highest BCUT2D eigenvalue weighted by atomic mass is 19.4. The van der Waals surface area contributed by atoms with Crippen LogP contribution in [-0.4, -0.2) is 20.3 Å². The van der Waals surface area contributed by atoms with E-state index in [1.54, 1.807) is 31.4 Å². The van der Waals surface area contributed by atoms with Crippen molar-refractivity contribution < 1.29 is 27.4 Å². The van der Waals surface area contributed by atoms with Gasteiger partial charge in [0, 0.05) is 6.42 Å². The van der Waals surface area contributed by atoms with Gasteiger partial charge in [0.1, 0.15) is 17.2 Å². The van der Waals surface area contributed by atoms with Crippen molar-refractivity contribution in [2.75, 3.05) is 20.3 Å². The van der Waals surface area contributed by atoms with Crippen molar-refractivity contribution >= 4 is 0 Å². The topological polar surface area (TPSA) is 27.7 Å². The second kappa shape index (κ2) is 7.76. The summed E-state index contributed by atoms with van der Waals surface area (Å²) in [4.78, 5) is 0. The second-order valence-corrected chi connectivity index (χ2v) is 4.75. The minimum atomic E-state index is -4.36. The van der Waals surface area contributed by atoms with E-state index >= 15 is 0 Å². The molecule has 0 unspecified atom stereocenters. The first kappa shape index (κ1) is 17.0. The van der Waals surface area contributed by atoms with Crippen molar-refractivity contribution in [3.8, 4) is 17.2 Å². The normalized spacial score (nSPS) is 11.1. The van der Waals surface area contributed by atoms with Crippen LogP contribution in [0.5, 0.6) is 17.2 Å². The Kier molecular flexibility index (Phi) is 5.73. The highest BCUT2D eigenvalue weighted by Gasteiger charge is 2.30. The monoisotopic (exact) mass is 326 g/mol. The SMILES string of the molecule is COc1ccc(OCCCOc2cccc(C(F)(F)F)c2)cc1. The van der Waals surface area contributed by atoms with Gasteiger partial charge in [-0.2, -0.15) is 13.2 Å².